The van der Waals surface area contributed by atoms with Gasteiger partial charge in [-0.1, -0.05) is 12.1 Å². The van der Waals surface area contributed by atoms with Gasteiger partial charge in [0.1, 0.15) is 12.4 Å². The molecule has 0 fully saturated rings. The number of carbonyl (C=O) groups excluding carboxylic acids is 2. The number of aryl methyl sites for hydroxylation is 1. The zero-order valence-corrected chi connectivity index (χ0v) is 16.9. The van der Waals surface area contributed by atoms with Crippen LogP contribution >= 0.6 is 11.3 Å². The molecule has 0 saturated heterocycles. The molecule has 0 N–H and O–H groups in total. The number of hydrogen-bond acceptors (Lipinski definition) is 6. The van der Waals surface area contributed by atoms with E-state index in [1.54, 1.807) is 36.6 Å². The van der Waals surface area contributed by atoms with Gasteiger partial charge in [-0.05, 0) is 56.5 Å². The average Bonchev–Trinajstić information content (AvgIpc) is 3.12. The number of Topliss-reactive ketones (excluding diaryl/α,β-unsaturated/α-hetero) is 1. The largest absolute Gasteiger partial charge is 0.496 e. The van der Waals surface area contributed by atoms with Gasteiger partial charge in [0, 0.05) is 17.5 Å². The highest BCUT2D eigenvalue weighted by atomic mass is 32.1. The van der Waals surface area contributed by atoms with Crippen molar-refractivity contribution in [1.29, 1.82) is 0 Å². The Hall–Kier alpha value is -2.73. The summed E-state index contributed by atoms with van der Waals surface area (Å²) in [7, 11) is 1.55. The predicted octanol–water partition coefficient (Wildman–Crippen LogP) is 4.96. The first-order valence-electron chi connectivity index (χ1n) is 9.24. The summed E-state index contributed by atoms with van der Waals surface area (Å²) in [5.41, 5.74) is 2.30. The van der Waals surface area contributed by atoms with Crippen LogP contribution in [0.1, 0.15) is 47.1 Å². The summed E-state index contributed by atoms with van der Waals surface area (Å²) < 4.78 is 11.8. The number of rotatable bonds is 9. The minimum Gasteiger partial charge on any atom is -0.496 e. The Kier molecular flexibility index (Phi) is 6.76. The number of thiazole rings is 1. The van der Waals surface area contributed by atoms with Crippen molar-refractivity contribution in [1.82, 2.24) is 4.98 Å². The maximum absolute atomic E-state index is 12.0. The maximum atomic E-state index is 12.0. The molecule has 0 aliphatic carbocycles. The summed E-state index contributed by atoms with van der Waals surface area (Å²) in [5.74, 6) is 0.318. The molecule has 6 heteroatoms. The number of para-hydroxylation sites is 1. The third kappa shape index (κ3) is 5.16. The molecular formula is C22H23NO4S. The van der Waals surface area contributed by atoms with Gasteiger partial charge in [-0.2, -0.15) is 0 Å². The van der Waals surface area contributed by atoms with Crippen molar-refractivity contribution in [3.8, 4) is 5.75 Å². The van der Waals surface area contributed by atoms with Gasteiger partial charge in [0.15, 0.2) is 5.78 Å². The SMILES string of the molecule is COc1ccc(C(C)=O)cc1COC(=O)CCCCc1nc2ccccc2s1. The molecule has 1 aromatic heterocycles. The standard InChI is InChI=1S/C22H23NO4S/c1-15(24)16-11-12-19(26-2)17(13-16)14-27-22(25)10-6-5-9-21-23-18-7-3-4-8-20(18)28-21/h3-4,7-8,11-13H,5-6,9-10,14H2,1-2H3. The summed E-state index contributed by atoms with van der Waals surface area (Å²) in [6.45, 7) is 1.60. The second-order valence-electron chi connectivity index (χ2n) is 6.53. The van der Waals surface area contributed by atoms with Gasteiger partial charge >= 0.3 is 5.97 Å². The lowest BCUT2D eigenvalue weighted by Crippen LogP contribution is -2.06. The number of fused-ring (bicyclic) bond motifs is 1. The van der Waals surface area contributed by atoms with Crippen LogP contribution in [0.3, 0.4) is 0 Å². The normalized spacial score (nSPS) is 10.8. The molecule has 28 heavy (non-hydrogen) atoms. The van der Waals surface area contributed by atoms with Gasteiger partial charge < -0.3 is 9.47 Å². The van der Waals surface area contributed by atoms with E-state index in [4.69, 9.17) is 9.47 Å². The minimum absolute atomic E-state index is 0.0370. The van der Waals surface area contributed by atoms with E-state index in [1.807, 2.05) is 18.2 Å². The van der Waals surface area contributed by atoms with E-state index in [1.165, 1.54) is 11.6 Å². The van der Waals surface area contributed by atoms with E-state index in [9.17, 15) is 9.59 Å². The first kappa shape index (κ1) is 20.0. The number of unbranched alkanes of at least 4 members (excludes halogenated alkanes) is 1. The Balaban J connectivity index is 1.44. The molecule has 0 unspecified atom stereocenters. The monoisotopic (exact) mass is 397 g/mol. The van der Waals surface area contributed by atoms with E-state index in [0.717, 1.165) is 29.8 Å². The van der Waals surface area contributed by atoms with Crippen molar-refractivity contribution in [3.63, 3.8) is 0 Å². The summed E-state index contributed by atoms with van der Waals surface area (Å²) in [5, 5.41) is 1.10. The first-order chi connectivity index (χ1) is 13.6. The number of benzene rings is 2. The smallest absolute Gasteiger partial charge is 0.306 e. The Morgan fingerprint density at radius 1 is 1.11 bits per heavy atom. The number of ketones is 1. The minimum atomic E-state index is -0.250. The van der Waals surface area contributed by atoms with Crippen LogP contribution in [0.4, 0.5) is 0 Å². The number of aromatic nitrogens is 1. The summed E-state index contributed by atoms with van der Waals surface area (Å²) in [4.78, 5) is 28.2. The Morgan fingerprint density at radius 2 is 1.93 bits per heavy atom. The molecule has 0 saturated carbocycles. The molecule has 3 aromatic rings. The van der Waals surface area contributed by atoms with Crippen molar-refractivity contribution in [2.45, 2.75) is 39.2 Å². The highest BCUT2D eigenvalue weighted by molar-refractivity contribution is 7.18. The zero-order chi connectivity index (χ0) is 19.9. The number of nitrogens with zero attached hydrogens (tertiary/aromatic N) is 1. The highest BCUT2D eigenvalue weighted by Crippen LogP contribution is 2.23. The zero-order valence-electron chi connectivity index (χ0n) is 16.1. The second kappa shape index (κ2) is 9.46. The molecule has 0 spiro atoms. The number of carbonyl (C=O) groups is 2. The van der Waals surface area contributed by atoms with E-state index >= 15 is 0 Å². The number of esters is 1. The lowest BCUT2D eigenvalue weighted by molar-refractivity contribution is -0.145. The van der Waals surface area contributed by atoms with Gasteiger partial charge in [0.2, 0.25) is 0 Å². The number of methoxy groups -OCH3 is 1. The van der Waals surface area contributed by atoms with Crippen LogP contribution in [0, 0.1) is 0 Å². The highest BCUT2D eigenvalue weighted by Gasteiger charge is 2.11. The van der Waals surface area contributed by atoms with Crippen molar-refractivity contribution < 1.29 is 19.1 Å². The second-order valence-corrected chi connectivity index (χ2v) is 7.64. The quantitative estimate of drug-likeness (QED) is 0.290. The fourth-order valence-electron chi connectivity index (χ4n) is 2.91. The molecule has 0 aliphatic heterocycles. The van der Waals surface area contributed by atoms with Crippen molar-refractivity contribution in [2.24, 2.45) is 0 Å². The number of ether oxygens (including phenoxy) is 2. The third-order valence-corrected chi connectivity index (χ3v) is 5.53. The van der Waals surface area contributed by atoms with Crippen LogP contribution in [-0.2, 0) is 22.6 Å². The Morgan fingerprint density at radius 3 is 2.68 bits per heavy atom. The number of hydrogen-bond donors (Lipinski definition) is 0. The lowest BCUT2D eigenvalue weighted by Gasteiger charge is -2.10. The third-order valence-electron chi connectivity index (χ3n) is 4.44. The molecule has 146 valence electrons. The molecule has 0 aliphatic rings. The molecule has 0 amide bonds. The summed E-state index contributed by atoms with van der Waals surface area (Å²) in [6.07, 6.45) is 2.86. The van der Waals surface area contributed by atoms with Gasteiger partial charge in [0.25, 0.3) is 0 Å². The van der Waals surface area contributed by atoms with E-state index in [2.05, 4.69) is 11.1 Å². The summed E-state index contributed by atoms with van der Waals surface area (Å²) in [6, 6.07) is 13.2. The van der Waals surface area contributed by atoms with Crippen molar-refractivity contribution in [2.75, 3.05) is 7.11 Å². The fraction of sp³-hybridized carbons (Fsp3) is 0.318. The topological polar surface area (TPSA) is 65.5 Å². The first-order valence-corrected chi connectivity index (χ1v) is 10.1. The fourth-order valence-corrected chi connectivity index (χ4v) is 3.92. The van der Waals surface area contributed by atoms with Crippen molar-refractivity contribution in [3.05, 3.63) is 58.6 Å². The summed E-state index contributed by atoms with van der Waals surface area (Å²) >= 11 is 1.70. The average molecular weight is 397 g/mol. The van der Waals surface area contributed by atoms with Crippen LogP contribution in [0.15, 0.2) is 42.5 Å². The Labute approximate surface area is 168 Å². The van der Waals surface area contributed by atoms with E-state index in [-0.39, 0.29) is 18.4 Å². The molecule has 0 radical (unpaired) electrons. The van der Waals surface area contributed by atoms with Gasteiger partial charge in [-0.15, -0.1) is 11.3 Å². The molecule has 3 rings (SSSR count). The predicted molar refractivity (Wildman–Crippen MR) is 110 cm³/mol. The van der Waals surface area contributed by atoms with Gasteiger partial charge in [-0.25, -0.2) is 4.98 Å². The molecule has 1 heterocycles. The van der Waals surface area contributed by atoms with Crippen molar-refractivity contribution >= 4 is 33.3 Å². The van der Waals surface area contributed by atoms with Crippen LogP contribution in [0.5, 0.6) is 5.75 Å². The molecule has 0 atom stereocenters. The molecule has 0 bridgehead atoms. The maximum Gasteiger partial charge on any atom is 0.306 e. The Bertz CT molecular complexity index is 947. The van der Waals surface area contributed by atoms with Crippen LogP contribution in [0.25, 0.3) is 10.2 Å². The van der Waals surface area contributed by atoms with Gasteiger partial charge in [-0.3, -0.25) is 9.59 Å². The lowest BCUT2D eigenvalue weighted by atomic mass is 10.1. The van der Waals surface area contributed by atoms with E-state index < -0.39 is 0 Å². The van der Waals surface area contributed by atoms with E-state index in [0.29, 0.717) is 23.3 Å². The van der Waals surface area contributed by atoms with Gasteiger partial charge in [0.05, 0.1) is 22.3 Å². The van der Waals surface area contributed by atoms with Crippen LogP contribution in [-0.4, -0.2) is 23.8 Å². The molecule has 2 aromatic carbocycles. The van der Waals surface area contributed by atoms with Crippen LogP contribution < -0.4 is 4.74 Å². The molecular weight excluding hydrogens is 374 g/mol. The van der Waals surface area contributed by atoms with Crippen LogP contribution in [0.2, 0.25) is 0 Å². The molecule has 5 nitrogen and oxygen atoms in total.